The lowest BCUT2D eigenvalue weighted by atomic mass is 10.1. The Morgan fingerprint density at radius 1 is 0.950 bits per heavy atom. The Hall–Kier alpha value is -5.04. The summed E-state index contributed by atoms with van der Waals surface area (Å²) in [6.07, 6.45) is -2.43. The predicted octanol–water partition coefficient (Wildman–Crippen LogP) is 2.58. The zero-order chi connectivity index (χ0) is 29.1. The zero-order valence-corrected chi connectivity index (χ0v) is 21.6. The molecular formula is C27H26N4O9. The Kier molecular flexibility index (Phi) is 7.95. The predicted molar refractivity (Wildman–Crippen MR) is 138 cm³/mol. The number of carbonyl (C=O) groups excluding carboxylic acids is 4. The summed E-state index contributed by atoms with van der Waals surface area (Å²) in [4.78, 5) is 60.4. The van der Waals surface area contributed by atoms with Crippen LogP contribution in [-0.4, -0.2) is 52.1 Å². The lowest BCUT2D eigenvalue weighted by Crippen LogP contribution is -2.32. The molecule has 0 unspecified atom stereocenters. The van der Waals surface area contributed by atoms with Crippen LogP contribution in [0.4, 0.5) is 5.82 Å². The van der Waals surface area contributed by atoms with Crippen molar-refractivity contribution in [3.05, 3.63) is 98.2 Å². The number of aryl methyl sites for hydroxylation is 2. The number of nitrogens with two attached hydrogens (primary N) is 2. The van der Waals surface area contributed by atoms with E-state index in [4.69, 9.17) is 25.7 Å². The van der Waals surface area contributed by atoms with E-state index >= 15 is 0 Å². The molecule has 208 valence electrons. The SMILES string of the molecule is Cc1ccc(C(=O)OC[C@H]2O[C@H](n3cc(C(N)=O)c(C(N)=O)c3[N+](=O)[O-])C[C@@H]2OC(=O)c2ccc(C)cc2)cc1. The first-order valence-corrected chi connectivity index (χ1v) is 12.1. The highest BCUT2D eigenvalue weighted by atomic mass is 16.6. The van der Waals surface area contributed by atoms with Crippen molar-refractivity contribution >= 4 is 29.6 Å². The number of primary amides is 2. The van der Waals surface area contributed by atoms with Crippen molar-refractivity contribution in [3.8, 4) is 0 Å². The van der Waals surface area contributed by atoms with Gasteiger partial charge in [0, 0.05) is 0 Å². The largest absolute Gasteiger partial charge is 0.459 e. The average molecular weight is 551 g/mol. The molecule has 1 aliphatic rings. The van der Waals surface area contributed by atoms with E-state index in [2.05, 4.69) is 0 Å². The summed E-state index contributed by atoms with van der Waals surface area (Å²) in [5.74, 6) is -4.51. The number of hydrogen-bond acceptors (Lipinski definition) is 9. The van der Waals surface area contributed by atoms with E-state index < -0.39 is 64.1 Å². The van der Waals surface area contributed by atoms with Crippen molar-refractivity contribution in [2.75, 3.05) is 6.61 Å². The number of hydrogen-bond donors (Lipinski definition) is 2. The van der Waals surface area contributed by atoms with Crippen LogP contribution in [-0.2, 0) is 14.2 Å². The van der Waals surface area contributed by atoms with Crippen LogP contribution in [0.3, 0.4) is 0 Å². The Bertz CT molecular complexity index is 1480. The Labute approximate surface area is 227 Å². The molecule has 1 aliphatic heterocycles. The highest BCUT2D eigenvalue weighted by Crippen LogP contribution is 2.37. The maximum absolute atomic E-state index is 12.9. The summed E-state index contributed by atoms with van der Waals surface area (Å²) < 4.78 is 17.9. The van der Waals surface area contributed by atoms with Gasteiger partial charge in [-0.3, -0.25) is 9.59 Å². The fourth-order valence-electron chi connectivity index (χ4n) is 4.32. The number of rotatable bonds is 9. The van der Waals surface area contributed by atoms with E-state index in [1.54, 1.807) is 48.5 Å². The maximum atomic E-state index is 12.9. The van der Waals surface area contributed by atoms with Crippen LogP contribution < -0.4 is 11.5 Å². The molecule has 0 aliphatic carbocycles. The van der Waals surface area contributed by atoms with Crippen molar-refractivity contribution in [2.45, 2.75) is 38.7 Å². The summed E-state index contributed by atoms with van der Waals surface area (Å²) in [5.41, 5.74) is 11.9. The summed E-state index contributed by atoms with van der Waals surface area (Å²) in [6.45, 7) is 3.35. The number of esters is 2. The molecule has 2 amide bonds. The molecule has 3 atom stereocenters. The molecule has 0 saturated carbocycles. The third kappa shape index (κ3) is 5.83. The molecule has 13 heteroatoms. The van der Waals surface area contributed by atoms with Crippen molar-refractivity contribution in [1.29, 1.82) is 0 Å². The highest BCUT2D eigenvalue weighted by Gasteiger charge is 2.45. The normalized spacial score (nSPS) is 18.2. The molecule has 1 saturated heterocycles. The van der Waals surface area contributed by atoms with Crippen LogP contribution in [0.25, 0.3) is 0 Å². The lowest BCUT2D eigenvalue weighted by Gasteiger charge is -2.18. The van der Waals surface area contributed by atoms with Crippen molar-refractivity contribution < 1.29 is 38.3 Å². The first kappa shape index (κ1) is 28.0. The standard InChI is InChI=1S/C27H26N4O9/c1-14-3-7-16(8-4-14)26(34)38-13-20-19(40-27(35)17-9-5-15(2)6-10-17)11-21(39-20)30-12-18(23(28)32)22(24(29)33)25(30)31(36)37/h3-10,12,19-21H,11,13H2,1-2H3,(H2,28,32)(H2,29,33)/t19-,20+,21-/m0/s1. The molecule has 3 aromatic rings. The van der Waals surface area contributed by atoms with Gasteiger partial charge in [0.1, 0.15) is 30.6 Å². The quantitative estimate of drug-likeness (QED) is 0.228. The van der Waals surface area contributed by atoms with Crippen molar-refractivity contribution in [2.24, 2.45) is 11.5 Å². The topological polar surface area (TPSA) is 196 Å². The number of carbonyl (C=O) groups is 4. The van der Waals surface area contributed by atoms with Gasteiger partial charge >= 0.3 is 17.8 Å². The molecule has 0 spiro atoms. The summed E-state index contributed by atoms with van der Waals surface area (Å²) in [6, 6.07) is 13.3. The number of aromatic nitrogens is 1. The first-order valence-electron chi connectivity index (χ1n) is 12.1. The second-order valence-corrected chi connectivity index (χ2v) is 9.27. The van der Waals surface area contributed by atoms with Gasteiger partial charge in [0.05, 0.1) is 23.1 Å². The Morgan fingerprint density at radius 2 is 1.50 bits per heavy atom. The van der Waals surface area contributed by atoms with Gasteiger partial charge in [0.2, 0.25) is 6.23 Å². The van der Waals surface area contributed by atoms with Gasteiger partial charge in [-0.25, -0.2) is 14.2 Å². The number of amides is 2. The van der Waals surface area contributed by atoms with Gasteiger partial charge < -0.3 is 35.8 Å². The van der Waals surface area contributed by atoms with Crippen LogP contribution in [0.5, 0.6) is 0 Å². The van der Waals surface area contributed by atoms with Crippen molar-refractivity contribution in [3.63, 3.8) is 0 Å². The van der Waals surface area contributed by atoms with Gasteiger partial charge in [-0.15, -0.1) is 0 Å². The first-order chi connectivity index (χ1) is 19.0. The van der Waals surface area contributed by atoms with Crippen LogP contribution >= 0.6 is 0 Å². The second-order valence-electron chi connectivity index (χ2n) is 9.27. The summed E-state index contributed by atoms with van der Waals surface area (Å²) in [5, 5.41) is 11.9. The monoisotopic (exact) mass is 550 g/mol. The van der Waals surface area contributed by atoms with Crippen LogP contribution in [0, 0.1) is 24.0 Å². The third-order valence-electron chi connectivity index (χ3n) is 6.39. The minimum absolute atomic E-state index is 0.143. The van der Waals surface area contributed by atoms with Gasteiger partial charge in [-0.2, -0.15) is 0 Å². The summed E-state index contributed by atoms with van der Waals surface area (Å²) >= 11 is 0. The van der Waals surface area contributed by atoms with Crippen LogP contribution in [0.1, 0.15) is 65.2 Å². The number of nitrogens with zero attached hydrogens (tertiary/aromatic N) is 2. The van der Waals surface area contributed by atoms with Crippen molar-refractivity contribution in [1.82, 2.24) is 4.57 Å². The van der Waals surface area contributed by atoms with E-state index in [0.29, 0.717) is 0 Å². The van der Waals surface area contributed by atoms with Gasteiger partial charge in [0.15, 0.2) is 0 Å². The molecule has 2 heterocycles. The second kappa shape index (κ2) is 11.4. The molecule has 4 N–H and O–H groups in total. The zero-order valence-electron chi connectivity index (χ0n) is 21.6. The van der Waals surface area contributed by atoms with E-state index in [-0.39, 0.29) is 24.2 Å². The van der Waals surface area contributed by atoms with Gasteiger partial charge in [-0.1, -0.05) is 35.4 Å². The summed E-state index contributed by atoms with van der Waals surface area (Å²) in [7, 11) is 0. The third-order valence-corrected chi connectivity index (χ3v) is 6.39. The number of benzene rings is 2. The van der Waals surface area contributed by atoms with Gasteiger partial charge in [-0.05, 0) is 43.0 Å². The Morgan fingerprint density at radius 3 is 2.00 bits per heavy atom. The lowest BCUT2D eigenvalue weighted by molar-refractivity contribution is -0.394. The molecule has 40 heavy (non-hydrogen) atoms. The number of ether oxygens (including phenoxy) is 3. The molecule has 0 radical (unpaired) electrons. The number of nitro groups is 1. The fraction of sp³-hybridized carbons (Fsp3) is 0.259. The molecule has 4 rings (SSSR count). The molecule has 0 bridgehead atoms. The minimum atomic E-state index is -1.23. The smallest absolute Gasteiger partial charge is 0.338 e. The molecular weight excluding hydrogens is 524 g/mol. The molecule has 13 nitrogen and oxygen atoms in total. The molecule has 1 aromatic heterocycles. The average Bonchev–Trinajstić information content (AvgIpc) is 3.50. The minimum Gasteiger partial charge on any atom is -0.459 e. The Balaban J connectivity index is 1.63. The van der Waals surface area contributed by atoms with Gasteiger partial charge in [0.25, 0.3) is 11.8 Å². The van der Waals surface area contributed by atoms with Crippen LogP contribution in [0.15, 0.2) is 54.7 Å². The maximum Gasteiger partial charge on any atom is 0.338 e. The van der Waals surface area contributed by atoms with Crippen LogP contribution in [0.2, 0.25) is 0 Å². The van der Waals surface area contributed by atoms with E-state index in [1.165, 1.54) is 0 Å². The van der Waals surface area contributed by atoms with E-state index in [1.807, 2.05) is 13.8 Å². The van der Waals surface area contributed by atoms with E-state index in [9.17, 15) is 29.3 Å². The van der Waals surface area contributed by atoms with E-state index in [0.717, 1.165) is 21.9 Å². The highest BCUT2D eigenvalue weighted by molar-refractivity contribution is 6.08. The molecule has 2 aromatic carbocycles. The fourth-order valence-corrected chi connectivity index (χ4v) is 4.32. The molecule has 1 fully saturated rings.